The van der Waals surface area contributed by atoms with Crippen LogP contribution in [-0.4, -0.2) is 21.2 Å². The minimum atomic E-state index is -0.198. The van der Waals surface area contributed by atoms with Crippen molar-refractivity contribution in [3.8, 4) is 5.69 Å². The Bertz CT molecular complexity index is 1350. The smallest absolute Gasteiger partial charge is 0.266 e. The van der Waals surface area contributed by atoms with Crippen molar-refractivity contribution in [3.63, 3.8) is 0 Å². The van der Waals surface area contributed by atoms with Gasteiger partial charge in [-0.15, -0.1) is 0 Å². The van der Waals surface area contributed by atoms with Crippen molar-refractivity contribution in [2.24, 2.45) is 0 Å². The van der Waals surface area contributed by atoms with Crippen molar-refractivity contribution in [2.45, 2.75) is 25.4 Å². The third-order valence-electron chi connectivity index (χ3n) is 5.22. The first-order valence-corrected chi connectivity index (χ1v) is 11.6. The van der Waals surface area contributed by atoms with Crippen LogP contribution in [0.3, 0.4) is 0 Å². The van der Waals surface area contributed by atoms with Gasteiger partial charge in [0.2, 0.25) is 5.91 Å². The Morgan fingerprint density at radius 1 is 1.06 bits per heavy atom. The standard InChI is InChI=1S/C25H22ClN3O2S/c1-3-17-11-13-18(14-12-17)29-24(31)19-7-4-5-9-22(19)28-25(29)32-15-23(30)27-21-10-6-8-20(26)16(21)2/h4-14H,3,15H2,1-2H3,(H,27,30). The molecular weight excluding hydrogens is 442 g/mol. The average Bonchev–Trinajstić information content (AvgIpc) is 2.81. The van der Waals surface area contributed by atoms with E-state index >= 15 is 0 Å². The largest absolute Gasteiger partial charge is 0.325 e. The summed E-state index contributed by atoms with van der Waals surface area (Å²) in [5.74, 6) is -0.0975. The number of carbonyl (C=O) groups excluding carboxylic acids is 1. The van der Waals surface area contributed by atoms with E-state index in [0.717, 1.165) is 17.7 Å². The molecule has 0 radical (unpaired) electrons. The topological polar surface area (TPSA) is 64.0 Å². The van der Waals surface area contributed by atoms with Gasteiger partial charge in [-0.1, -0.05) is 60.6 Å². The molecule has 4 rings (SSSR count). The highest BCUT2D eigenvalue weighted by Gasteiger charge is 2.15. The molecular formula is C25H22ClN3O2S. The van der Waals surface area contributed by atoms with Crippen molar-refractivity contribution >= 4 is 45.9 Å². The predicted molar refractivity (Wildman–Crippen MR) is 132 cm³/mol. The lowest BCUT2D eigenvalue weighted by Gasteiger charge is -2.14. The molecule has 7 heteroatoms. The summed E-state index contributed by atoms with van der Waals surface area (Å²) < 4.78 is 1.57. The zero-order valence-electron chi connectivity index (χ0n) is 17.8. The molecule has 0 unspecified atom stereocenters. The van der Waals surface area contributed by atoms with Crippen molar-refractivity contribution in [2.75, 3.05) is 11.1 Å². The van der Waals surface area contributed by atoms with Crippen LogP contribution >= 0.6 is 23.4 Å². The predicted octanol–water partition coefficient (Wildman–Crippen LogP) is 5.64. The van der Waals surface area contributed by atoms with Gasteiger partial charge in [-0.2, -0.15) is 0 Å². The van der Waals surface area contributed by atoms with Crippen LogP contribution in [0.15, 0.2) is 76.7 Å². The molecule has 0 fully saturated rings. The number of nitrogens with one attached hydrogen (secondary N) is 1. The summed E-state index contributed by atoms with van der Waals surface area (Å²) in [5.41, 5.74) is 3.83. The number of hydrogen-bond acceptors (Lipinski definition) is 4. The van der Waals surface area contributed by atoms with Crippen LogP contribution in [0.1, 0.15) is 18.1 Å². The first-order valence-electron chi connectivity index (χ1n) is 10.3. The van der Waals surface area contributed by atoms with Crippen molar-refractivity contribution in [3.05, 3.63) is 93.2 Å². The molecule has 0 saturated heterocycles. The highest BCUT2D eigenvalue weighted by atomic mass is 35.5. The number of halogens is 1. The molecule has 0 saturated carbocycles. The molecule has 0 aliphatic carbocycles. The third-order valence-corrected chi connectivity index (χ3v) is 6.57. The van der Waals surface area contributed by atoms with E-state index in [4.69, 9.17) is 16.6 Å². The third kappa shape index (κ3) is 4.56. The lowest BCUT2D eigenvalue weighted by molar-refractivity contribution is -0.113. The van der Waals surface area contributed by atoms with Crippen molar-refractivity contribution in [1.82, 2.24) is 9.55 Å². The van der Waals surface area contributed by atoms with Crippen LogP contribution in [0.5, 0.6) is 0 Å². The van der Waals surface area contributed by atoms with Crippen LogP contribution in [0.25, 0.3) is 16.6 Å². The van der Waals surface area contributed by atoms with Gasteiger partial charge in [-0.25, -0.2) is 4.98 Å². The van der Waals surface area contributed by atoms with E-state index in [1.165, 1.54) is 17.3 Å². The Labute approximate surface area is 195 Å². The van der Waals surface area contributed by atoms with Gasteiger partial charge in [0.1, 0.15) is 0 Å². The summed E-state index contributed by atoms with van der Waals surface area (Å²) in [6.45, 7) is 3.94. The highest BCUT2D eigenvalue weighted by Crippen LogP contribution is 2.25. The molecule has 0 aliphatic rings. The Hall–Kier alpha value is -3.09. The molecule has 0 atom stereocenters. The van der Waals surface area contributed by atoms with Gasteiger partial charge in [0.25, 0.3) is 5.56 Å². The second kappa shape index (κ2) is 9.59. The minimum absolute atomic E-state index is 0.101. The summed E-state index contributed by atoms with van der Waals surface area (Å²) in [6.07, 6.45) is 0.913. The zero-order valence-corrected chi connectivity index (χ0v) is 19.3. The van der Waals surface area contributed by atoms with Gasteiger partial charge in [0.15, 0.2) is 5.16 Å². The molecule has 1 N–H and O–H groups in total. The number of aromatic nitrogens is 2. The summed E-state index contributed by atoms with van der Waals surface area (Å²) in [7, 11) is 0. The van der Waals surface area contributed by atoms with E-state index in [0.29, 0.717) is 26.8 Å². The molecule has 3 aromatic carbocycles. The lowest BCUT2D eigenvalue weighted by atomic mass is 10.1. The number of rotatable bonds is 6. The van der Waals surface area contributed by atoms with Crippen LogP contribution in [0.4, 0.5) is 5.69 Å². The number of benzene rings is 3. The normalized spacial score (nSPS) is 11.0. The zero-order chi connectivity index (χ0) is 22.7. The maximum absolute atomic E-state index is 13.3. The van der Waals surface area contributed by atoms with Crippen LogP contribution in [0.2, 0.25) is 5.02 Å². The molecule has 5 nitrogen and oxygen atoms in total. The summed E-state index contributed by atoms with van der Waals surface area (Å²) in [4.78, 5) is 30.6. The number of nitrogens with zero attached hydrogens (tertiary/aromatic N) is 2. The Balaban J connectivity index is 1.67. The SMILES string of the molecule is CCc1ccc(-n2c(SCC(=O)Nc3cccc(Cl)c3C)nc3ccccc3c2=O)cc1. The van der Waals surface area contributed by atoms with E-state index in [1.54, 1.807) is 28.8 Å². The summed E-state index contributed by atoms with van der Waals surface area (Å²) in [6, 6.07) is 20.5. The monoisotopic (exact) mass is 463 g/mol. The quantitative estimate of drug-likeness (QED) is 0.297. The second-order valence-electron chi connectivity index (χ2n) is 7.32. The number of hydrogen-bond donors (Lipinski definition) is 1. The fraction of sp³-hybridized carbons (Fsp3) is 0.160. The van der Waals surface area contributed by atoms with E-state index in [-0.39, 0.29) is 17.2 Å². The molecule has 0 spiro atoms. The van der Waals surface area contributed by atoms with E-state index < -0.39 is 0 Å². The Kier molecular flexibility index (Phi) is 6.63. The second-order valence-corrected chi connectivity index (χ2v) is 8.67. The number of aryl methyl sites for hydroxylation is 1. The van der Waals surface area contributed by atoms with E-state index in [9.17, 15) is 9.59 Å². The molecule has 1 amide bonds. The summed E-state index contributed by atoms with van der Waals surface area (Å²) >= 11 is 7.37. The van der Waals surface area contributed by atoms with Crippen LogP contribution in [-0.2, 0) is 11.2 Å². The molecule has 32 heavy (non-hydrogen) atoms. The van der Waals surface area contributed by atoms with Crippen molar-refractivity contribution < 1.29 is 4.79 Å². The number of amides is 1. The Morgan fingerprint density at radius 3 is 2.56 bits per heavy atom. The lowest BCUT2D eigenvalue weighted by Crippen LogP contribution is -2.23. The van der Waals surface area contributed by atoms with E-state index in [2.05, 4.69) is 12.2 Å². The van der Waals surface area contributed by atoms with E-state index in [1.807, 2.05) is 49.4 Å². The minimum Gasteiger partial charge on any atom is -0.325 e. The fourth-order valence-corrected chi connectivity index (χ4v) is 4.36. The first kappa shape index (κ1) is 22.1. The van der Waals surface area contributed by atoms with Crippen LogP contribution < -0.4 is 10.9 Å². The molecule has 1 heterocycles. The molecule has 1 aromatic heterocycles. The maximum atomic E-state index is 13.3. The Morgan fingerprint density at radius 2 is 1.81 bits per heavy atom. The van der Waals surface area contributed by atoms with Gasteiger partial charge in [-0.3, -0.25) is 14.2 Å². The molecule has 0 aliphatic heterocycles. The average molecular weight is 464 g/mol. The van der Waals surface area contributed by atoms with Gasteiger partial charge in [0, 0.05) is 10.7 Å². The number of carbonyl (C=O) groups is 1. The summed E-state index contributed by atoms with van der Waals surface area (Å²) in [5, 5.41) is 4.49. The maximum Gasteiger partial charge on any atom is 0.266 e. The van der Waals surface area contributed by atoms with Gasteiger partial charge >= 0.3 is 0 Å². The van der Waals surface area contributed by atoms with Gasteiger partial charge in [-0.05, 0) is 60.9 Å². The number of anilines is 1. The fourth-order valence-electron chi connectivity index (χ4n) is 3.38. The molecule has 4 aromatic rings. The first-order chi connectivity index (χ1) is 15.5. The van der Waals surface area contributed by atoms with Crippen molar-refractivity contribution in [1.29, 1.82) is 0 Å². The number of fused-ring (bicyclic) bond motifs is 1. The van der Waals surface area contributed by atoms with Gasteiger partial charge in [0.05, 0.1) is 22.3 Å². The number of para-hydroxylation sites is 1. The number of thioether (sulfide) groups is 1. The molecule has 162 valence electrons. The van der Waals surface area contributed by atoms with Gasteiger partial charge < -0.3 is 5.32 Å². The molecule has 0 bridgehead atoms. The highest BCUT2D eigenvalue weighted by molar-refractivity contribution is 7.99. The van der Waals surface area contributed by atoms with Crippen LogP contribution in [0, 0.1) is 6.92 Å².